The Bertz CT molecular complexity index is 1180. The van der Waals surface area contributed by atoms with Gasteiger partial charge in [-0.3, -0.25) is 4.79 Å². The summed E-state index contributed by atoms with van der Waals surface area (Å²) in [6.45, 7) is 4.26. The lowest BCUT2D eigenvalue weighted by Crippen LogP contribution is -2.27. The third-order valence-corrected chi connectivity index (χ3v) is 5.03. The van der Waals surface area contributed by atoms with Crippen LogP contribution in [0.3, 0.4) is 0 Å². The highest BCUT2D eigenvalue weighted by Crippen LogP contribution is 2.28. The SMILES string of the molecule is Cc1nn2c(C)c(C(=O)N(C)Cc3ccccc3)cnc2c1-c1ccc(F)cc1. The number of benzene rings is 2. The summed E-state index contributed by atoms with van der Waals surface area (Å²) in [5.41, 5.74) is 5.38. The molecule has 2 aromatic carbocycles. The second-order valence-corrected chi connectivity index (χ2v) is 7.11. The van der Waals surface area contributed by atoms with Crippen LogP contribution in [0, 0.1) is 19.7 Å². The van der Waals surface area contributed by atoms with Crippen LogP contribution in [0.4, 0.5) is 4.39 Å². The Hall–Kier alpha value is -3.54. The molecule has 2 heterocycles. The molecule has 4 rings (SSSR count). The van der Waals surface area contributed by atoms with Gasteiger partial charge in [0.05, 0.1) is 17.0 Å². The molecule has 0 radical (unpaired) electrons. The monoisotopic (exact) mass is 388 g/mol. The van der Waals surface area contributed by atoms with Crippen LogP contribution in [-0.4, -0.2) is 32.5 Å². The number of aromatic nitrogens is 3. The predicted molar refractivity (Wildman–Crippen MR) is 110 cm³/mol. The fourth-order valence-electron chi connectivity index (χ4n) is 3.50. The zero-order valence-electron chi connectivity index (χ0n) is 16.6. The van der Waals surface area contributed by atoms with Gasteiger partial charge in [-0.2, -0.15) is 5.10 Å². The van der Waals surface area contributed by atoms with Crippen molar-refractivity contribution in [2.24, 2.45) is 0 Å². The molecular formula is C23H21FN4O. The quantitative estimate of drug-likeness (QED) is 0.520. The van der Waals surface area contributed by atoms with E-state index in [4.69, 9.17) is 0 Å². The van der Waals surface area contributed by atoms with Gasteiger partial charge in [0, 0.05) is 25.4 Å². The minimum Gasteiger partial charge on any atom is -0.337 e. The zero-order valence-corrected chi connectivity index (χ0v) is 16.6. The Kier molecular flexibility index (Phi) is 4.84. The number of nitrogens with zero attached hydrogens (tertiary/aromatic N) is 4. The summed E-state index contributed by atoms with van der Waals surface area (Å²) >= 11 is 0. The zero-order chi connectivity index (χ0) is 20.5. The van der Waals surface area contributed by atoms with E-state index in [1.54, 1.807) is 34.8 Å². The number of carbonyl (C=O) groups is 1. The third-order valence-electron chi connectivity index (χ3n) is 5.03. The molecule has 0 fully saturated rings. The van der Waals surface area contributed by atoms with Gasteiger partial charge in [-0.05, 0) is 37.1 Å². The number of hydrogen-bond donors (Lipinski definition) is 0. The Morgan fingerprint density at radius 1 is 1.07 bits per heavy atom. The molecule has 0 bridgehead atoms. The first-order chi connectivity index (χ1) is 14.0. The van der Waals surface area contributed by atoms with E-state index < -0.39 is 0 Å². The van der Waals surface area contributed by atoms with Crippen molar-refractivity contribution >= 4 is 11.6 Å². The number of carbonyl (C=O) groups excluding carboxylic acids is 1. The minimum absolute atomic E-state index is 0.114. The van der Waals surface area contributed by atoms with E-state index in [0.717, 1.165) is 28.1 Å². The molecule has 146 valence electrons. The fourth-order valence-corrected chi connectivity index (χ4v) is 3.50. The molecule has 0 unspecified atom stereocenters. The molecule has 0 aliphatic rings. The first-order valence-corrected chi connectivity index (χ1v) is 9.36. The Balaban J connectivity index is 1.71. The number of hydrogen-bond acceptors (Lipinski definition) is 3. The summed E-state index contributed by atoms with van der Waals surface area (Å²) < 4.78 is 15.0. The average molecular weight is 388 g/mol. The van der Waals surface area contributed by atoms with Crippen LogP contribution in [0.25, 0.3) is 16.8 Å². The second-order valence-electron chi connectivity index (χ2n) is 7.11. The smallest absolute Gasteiger partial charge is 0.257 e. The van der Waals surface area contributed by atoms with Crippen molar-refractivity contribution in [1.82, 2.24) is 19.5 Å². The predicted octanol–water partition coefficient (Wildman–Crippen LogP) is 4.42. The summed E-state index contributed by atoms with van der Waals surface area (Å²) in [6, 6.07) is 16.1. The summed E-state index contributed by atoms with van der Waals surface area (Å²) in [5, 5.41) is 4.59. The first kappa shape index (κ1) is 18.8. The number of amides is 1. The molecule has 0 saturated carbocycles. The number of rotatable bonds is 4. The average Bonchev–Trinajstić information content (AvgIpc) is 3.06. The maximum Gasteiger partial charge on any atom is 0.257 e. The lowest BCUT2D eigenvalue weighted by atomic mass is 10.1. The van der Waals surface area contributed by atoms with Crippen molar-refractivity contribution in [3.63, 3.8) is 0 Å². The van der Waals surface area contributed by atoms with Gasteiger partial charge >= 0.3 is 0 Å². The van der Waals surface area contributed by atoms with Gasteiger partial charge in [0.1, 0.15) is 5.82 Å². The van der Waals surface area contributed by atoms with Gasteiger partial charge in [0.15, 0.2) is 5.65 Å². The topological polar surface area (TPSA) is 50.5 Å². The molecule has 0 spiro atoms. The summed E-state index contributed by atoms with van der Waals surface area (Å²) in [5.74, 6) is -0.404. The Morgan fingerprint density at radius 2 is 1.76 bits per heavy atom. The number of fused-ring (bicyclic) bond motifs is 1. The van der Waals surface area contributed by atoms with E-state index in [1.165, 1.54) is 12.1 Å². The molecule has 0 aliphatic heterocycles. The molecule has 0 N–H and O–H groups in total. The summed E-state index contributed by atoms with van der Waals surface area (Å²) in [7, 11) is 1.78. The van der Waals surface area contributed by atoms with Crippen LogP contribution >= 0.6 is 0 Å². The summed E-state index contributed by atoms with van der Waals surface area (Å²) in [4.78, 5) is 19.2. The maximum atomic E-state index is 13.3. The van der Waals surface area contributed by atoms with Crippen molar-refractivity contribution in [2.45, 2.75) is 20.4 Å². The van der Waals surface area contributed by atoms with E-state index in [9.17, 15) is 9.18 Å². The first-order valence-electron chi connectivity index (χ1n) is 9.36. The highest BCUT2D eigenvalue weighted by Gasteiger charge is 2.21. The van der Waals surface area contributed by atoms with Crippen LogP contribution in [0.1, 0.15) is 27.3 Å². The van der Waals surface area contributed by atoms with E-state index in [2.05, 4.69) is 10.1 Å². The maximum absolute atomic E-state index is 13.3. The number of halogens is 1. The van der Waals surface area contributed by atoms with E-state index in [-0.39, 0.29) is 11.7 Å². The van der Waals surface area contributed by atoms with Crippen LogP contribution in [-0.2, 0) is 6.54 Å². The largest absolute Gasteiger partial charge is 0.337 e. The van der Waals surface area contributed by atoms with Crippen LogP contribution < -0.4 is 0 Å². The molecular weight excluding hydrogens is 367 g/mol. The molecule has 0 atom stereocenters. The molecule has 5 nitrogen and oxygen atoms in total. The van der Waals surface area contributed by atoms with Crippen molar-refractivity contribution < 1.29 is 9.18 Å². The lowest BCUT2D eigenvalue weighted by Gasteiger charge is -2.18. The van der Waals surface area contributed by atoms with E-state index in [0.29, 0.717) is 17.8 Å². The molecule has 1 amide bonds. The fraction of sp³-hybridized carbons (Fsp3) is 0.174. The van der Waals surface area contributed by atoms with Crippen molar-refractivity contribution in [3.8, 4) is 11.1 Å². The third kappa shape index (κ3) is 3.49. The van der Waals surface area contributed by atoms with Gasteiger partial charge in [0.2, 0.25) is 0 Å². The van der Waals surface area contributed by atoms with Gasteiger partial charge in [-0.15, -0.1) is 0 Å². The minimum atomic E-state index is -0.290. The molecule has 0 saturated heterocycles. The van der Waals surface area contributed by atoms with Gasteiger partial charge in [-0.1, -0.05) is 42.5 Å². The number of aryl methyl sites for hydroxylation is 2. The normalized spacial score (nSPS) is 11.0. The Labute approximate surface area is 168 Å². The highest BCUT2D eigenvalue weighted by molar-refractivity contribution is 5.95. The van der Waals surface area contributed by atoms with Crippen LogP contribution in [0.5, 0.6) is 0 Å². The molecule has 29 heavy (non-hydrogen) atoms. The van der Waals surface area contributed by atoms with Gasteiger partial charge in [-0.25, -0.2) is 13.9 Å². The van der Waals surface area contributed by atoms with E-state index in [1.807, 2.05) is 44.2 Å². The lowest BCUT2D eigenvalue weighted by molar-refractivity contribution is 0.0783. The van der Waals surface area contributed by atoms with Gasteiger partial charge in [0.25, 0.3) is 5.91 Å². The standard InChI is InChI=1S/C23H21FN4O/c1-15-21(18-9-11-19(24)12-10-18)22-25-13-20(16(2)28(22)26-15)23(29)27(3)14-17-7-5-4-6-8-17/h4-13H,14H2,1-3H3. The molecule has 6 heteroatoms. The van der Waals surface area contributed by atoms with Crippen molar-refractivity contribution in [1.29, 1.82) is 0 Å². The van der Waals surface area contributed by atoms with Crippen LogP contribution in [0.2, 0.25) is 0 Å². The van der Waals surface area contributed by atoms with E-state index >= 15 is 0 Å². The second kappa shape index (κ2) is 7.47. The van der Waals surface area contributed by atoms with Gasteiger partial charge < -0.3 is 4.90 Å². The molecule has 2 aromatic heterocycles. The van der Waals surface area contributed by atoms with Crippen molar-refractivity contribution in [2.75, 3.05) is 7.05 Å². The molecule has 0 aliphatic carbocycles. The molecule has 4 aromatic rings. The van der Waals surface area contributed by atoms with Crippen molar-refractivity contribution in [3.05, 3.63) is 89.1 Å². The Morgan fingerprint density at radius 3 is 2.45 bits per heavy atom. The van der Waals surface area contributed by atoms with Crippen LogP contribution in [0.15, 0.2) is 60.8 Å². The summed E-state index contributed by atoms with van der Waals surface area (Å²) in [6.07, 6.45) is 1.60. The highest BCUT2D eigenvalue weighted by atomic mass is 19.1.